The molecule has 0 saturated carbocycles. The summed E-state index contributed by atoms with van der Waals surface area (Å²) in [6.07, 6.45) is 0. The molecule has 0 saturated heterocycles. The van der Waals surface area contributed by atoms with E-state index >= 15 is 0 Å². The van der Waals surface area contributed by atoms with Crippen LogP contribution in [0.5, 0.6) is 46.0 Å². The monoisotopic (exact) mass is 600 g/mol. The van der Waals surface area contributed by atoms with E-state index in [0.29, 0.717) is 11.1 Å². The standard InChI is InChI=1S/2C16H12O6/c2*1-21-14-4-8(2-3-10(14)18)13-7-12(20)16-11(19)5-9(17)6-15(16)22-13/h2*2-7,17-19H,1H3. The minimum Gasteiger partial charge on any atom is -0.508 e. The maximum atomic E-state index is 12.1. The van der Waals surface area contributed by atoms with Crippen LogP contribution in [0, 0.1) is 0 Å². The van der Waals surface area contributed by atoms with Crippen molar-refractivity contribution in [3.05, 3.63) is 93.2 Å². The Hall–Kier alpha value is -6.30. The number of fused-ring (bicyclic) bond motifs is 2. The first-order valence-electron chi connectivity index (χ1n) is 12.7. The van der Waals surface area contributed by atoms with Gasteiger partial charge in [0.05, 0.1) is 14.2 Å². The van der Waals surface area contributed by atoms with E-state index in [4.69, 9.17) is 18.3 Å². The third-order valence-electron chi connectivity index (χ3n) is 6.52. The Morgan fingerprint density at radius 1 is 0.500 bits per heavy atom. The molecule has 4 aromatic carbocycles. The second kappa shape index (κ2) is 11.5. The number of hydrogen-bond donors (Lipinski definition) is 6. The van der Waals surface area contributed by atoms with Crippen LogP contribution < -0.4 is 20.3 Å². The number of methoxy groups -OCH3 is 2. The molecule has 2 heterocycles. The fourth-order valence-electron chi connectivity index (χ4n) is 4.45. The van der Waals surface area contributed by atoms with E-state index in [1.54, 1.807) is 12.1 Å². The molecule has 0 fully saturated rings. The van der Waals surface area contributed by atoms with Gasteiger partial charge in [-0.05, 0) is 36.4 Å². The maximum absolute atomic E-state index is 12.1. The van der Waals surface area contributed by atoms with Gasteiger partial charge in [-0.2, -0.15) is 0 Å². The Labute approximate surface area is 247 Å². The first kappa shape index (κ1) is 29.2. The van der Waals surface area contributed by atoms with Crippen LogP contribution in [0.15, 0.2) is 91.2 Å². The van der Waals surface area contributed by atoms with Crippen molar-refractivity contribution in [2.24, 2.45) is 0 Å². The summed E-state index contributed by atoms with van der Waals surface area (Å²) in [5, 5.41) is 57.7. The summed E-state index contributed by atoms with van der Waals surface area (Å²) in [7, 11) is 2.82. The van der Waals surface area contributed by atoms with Crippen molar-refractivity contribution in [2.75, 3.05) is 14.2 Å². The first-order chi connectivity index (χ1) is 21.0. The van der Waals surface area contributed by atoms with Crippen LogP contribution >= 0.6 is 0 Å². The summed E-state index contributed by atoms with van der Waals surface area (Å²) in [5.74, 6) is -0.284. The molecule has 0 atom stereocenters. The second-order valence-electron chi connectivity index (χ2n) is 9.40. The predicted octanol–water partition coefficient (Wildman–Crippen LogP) is 5.17. The van der Waals surface area contributed by atoms with Crippen LogP contribution in [-0.2, 0) is 0 Å². The molecular weight excluding hydrogens is 576 g/mol. The van der Waals surface area contributed by atoms with Crippen LogP contribution in [0.2, 0.25) is 0 Å². The zero-order valence-electron chi connectivity index (χ0n) is 23.1. The molecule has 0 amide bonds. The number of aromatic hydroxyl groups is 6. The summed E-state index contributed by atoms with van der Waals surface area (Å²) < 4.78 is 21.2. The molecule has 0 aliphatic heterocycles. The highest BCUT2D eigenvalue weighted by Crippen LogP contribution is 2.35. The van der Waals surface area contributed by atoms with E-state index in [0.717, 1.165) is 12.1 Å². The van der Waals surface area contributed by atoms with Gasteiger partial charge in [-0.15, -0.1) is 0 Å². The molecule has 12 nitrogen and oxygen atoms in total. The van der Waals surface area contributed by atoms with Gasteiger partial charge in [0.15, 0.2) is 33.9 Å². The summed E-state index contributed by atoms with van der Waals surface area (Å²) >= 11 is 0. The largest absolute Gasteiger partial charge is 0.508 e. The number of benzene rings is 4. The van der Waals surface area contributed by atoms with Gasteiger partial charge in [-0.25, -0.2) is 0 Å². The molecule has 12 heteroatoms. The van der Waals surface area contributed by atoms with Gasteiger partial charge in [0.25, 0.3) is 0 Å². The lowest BCUT2D eigenvalue weighted by Gasteiger charge is -2.08. The normalized spacial score (nSPS) is 10.8. The van der Waals surface area contributed by atoms with Gasteiger partial charge in [-0.1, -0.05) is 0 Å². The lowest BCUT2D eigenvalue weighted by Crippen LogP contribution is -2.00. The topological polar surface area (TPSA) is 200 Å². The summed E-state index contributed by atoms with van der Waals surface area (Å²) in [4.78, 5) is 24.3. The highest BCUT2D eigenvalue weighted by atomic mass is 16.5. The average Bonchev–Trinajstić information content (AvgIpc) is 2.96. The number of hydrogen-bond acceptors (Lipinski definition) is 12. The Balaban J connectivity index is 0.000000175. The molecule has 2 aromatic heterocycles. The minimum atomic E-state index is -0.444. The van der Waals surface area contributed by atoms with E-state index in [-0.39, 0.29) is 79.5 Å². The van der Waals surface area contributed by atoms with E-state index in [9.17, 15) is 40.2 Å². The lowest BCUT2D eigenvalue weighted by atomic mass is 10.1. The van der Waals surface area contributed by atoms with Gasteiger partial charge >= 0.3 is 0 Å². The van der Waals surface area contributed by atoms with E-state index in [1.165, 1.54) is 62.8 Å². The molecule has 6 aromatic rings. The van der Waals surface area contributed by atoms with Crippen molar-refractivity contribution < 1.29 is 48.9 Å². The lowest BCUT2D eigenvalue weighted by molar-refractivity contribution is 0.373. The Kier molecular flexibility index (Phi) is 7.65. The Morgan fingerprint density at radius 3 is 1.25 bits per heavy atom. The van der Waals surface area contributed by atoms with Gasteiger partial charge in [0.1, 0.15) is 56.5 Å². The molecule has 6 N–H and O–H groups in total. The zero-order chi connectivity index (χ0) is 31.7. The maximum Gasteiger partial charge on any atom is 0.197 e. The van der Waals surface area contributed by atoms with Gasteiger partial charge in [0, 0.05) is 47.5 Å². The summed E-state index contributed by atoms with van der Waals surface area (Å²) in [6, 6.07) is 16.1. The van der Waals surface area contributed by atoms with Crippen molar-refractivity contribution in [1.82, 2.24) is 0 Å². The van der Waals surface area contributed by atoms with Crippen molar-refractivity contribution in [1.29, 1.82) is 0 Å². The SMILES string of the molecule is COc1cc(-c2cc(=O)c3c(O)cc(O)cc3o2)ccc1O.COc1cc(-c2cc(=O)c3c(O)cc(O)cc3o2)ccc1O. The van der Waals surface area contributed by atoms with Crippen molar-refractivity contribution in [2.45, 2.75) is 0 Å². The van der Waals surface area contributed by atoms with Crippen LogP contribution in [0.1, 0.15) is 0 Å². The minimum absolute atomic E-state index is 0.00714. The fraction of sp³-hybridized carbons (Fsp3) is 0.0625. The van der Waals surface area contributed by atoms with Crippen molar-refractivity contribution >= 4 is 21.9 Å². The molecular formula is C32H24O12. The van der Waals surface area contributed by atoms with Crippen molar-refractivity contribution in [3.8, 4) is 68.6 Å². The van der Waals surface area contributed by atoms with E-state index < -0.39 is 10.9 Å². The first-order valence-corrected chi connectivity index (χ1v) is 12.7. The summed E-state index contributed by atoms with van der Waals surface area (Å²) in [6.45, 7) is 0. The third kappa shape index (κ3) is 5.59. The highest BCUT2D eigenvalue weighted by molar-refractivity contribution is 5.87. The molecule has 0 unspecified atom stereocenters. The molecule has 44 heavy (non-hydrogen) atoms. The number of phenolic OH excluding ortho intramolecular Hbond substituents is 6. The molecule has 6 rings (SSSR count). The molecule has 0 radical (unpaired) electrons. The number of phenols is 6. The Morgan fingerprint density at radius 2 is 0.886 bits per heavy atom. The van der Waals surface area contributed by atoms with Crippen molar-refractivity contribution in [3.63, 3.8) is 0 Å². The quantitative estimate of drug-likeness (QED) is 0.155. The molecule has 0 aliphatic carbocycles. The molecule has 0 bridgehead atoms. The van der Waals surface area contributed by atoms with E-state index in [1.807, 2.05) is 0 Å². The number of rotatable bonds is 4. The van der Waals surface area contributed by atoms with Crippen LogP contribution in [0.25, 0.3) is 44.6 Å². The fourth-order valence-corrected chi connectivity index (χ4v) is 4.45. The molecule has 0 aliphatic rings. The second-order valence-corrected chi connectivity index (χ2v) is 9.40. The average molecular weight is 601 g/mol. The van der Waals surface area contributed by atoms with Crippen LogP contribution in [0.3, 0.4) is 0 Å². The highest BCUT2D eigenvalue weighted by Gasteiger charge is 2.15. The van der Waals surface area contributed by atoms with E-state index in [2.05, 4.69) is 0 Å². The Bertz CT molecular complexity index is 2010. The molecule has 0 spiro atoms. The molecule has 224 valence electrons. The number of ether oxygens (including phenoxy) is 2. The third-order valence-corrected chi connectivity index (χ3v) is 6.52. The van der Waals surface area contributed by atoms with Crippen LogP contribution in [-0.4, -0.2) is 44.9 Å². The van der Waals surface area contributed by atoms with Crippen LogP contribution in [0.4, 0.5) is 0 Å². The smallest absolute Gasteiger partial charge is 0.197 e. The van der Waals surface area contributed by atoms with Gasteiger partial charge < -0.3 is 48.9 Å². The van der Waals surface area contributed by atoms with Gasteiger partial charge in [0.2, 0.25) is 0 Å². The zero-order valence-corrected chi connectivity index (χ0v) is 23.1. The predicted molar refractivity (Wildman–Crippen MR) is 159 cm³/mol. The summed E-state index contributed by atoms with van der Waals surface area (Å²) in [5.41, 5.74) is 0.258. The van der Waals surface area contributed by atoms with Gasteiger partial charge in [-0.3, -0.25) is 9.59 Å².